The van der Waals surface area contributed by atoms with Gasteiger partial charge in [0.15, 0.2) is 0 Å². The Morgan fingerprint density at radius 3 is 1.31 bits per heavy atom. The molecule has 0 saturated carbocycles. The van der Waals surface area contributed by atoms with Crippen molar-refractivity contribution in [3.05, 3.63) is 158 Å². The van der Waals surface area contributed by atoms with E-state index < -0.39 is 0 Å². The number of para-hydroxylation sites is 2. The molecule has 0 spiro atoms. The van der Waals surface area contributed by atoms with Crippen LogP contribution in [0.1, 0.15) is 0 Å². The van der Waals surface area contributed by atoms with E-state index in [9.17, 15) is 0 Å². The first-order chi connectivity index (χ1) is 25.3. The maximum absolute atomic E-state index is 6.65. The third-order valence-electron chi connectivity index (χ3n) is 10.8. The van der Waals surface area contributed by atoms with Gasteiger partial charge >= 0.3 is 0 Å². The fourth-order valence-electron chi connectivity index (χ4n) is 8.60. The molecule has 12 rings (SSSR count). The highest BCUT2D eigenvalue weighted by Gasteiger charge is 2.20. The molecule has 0 N–H and O–H groups in total. The molecule has 0 atom stereocenters. The first-order valence-electron chi connectivity index (χ1n) is 17.3. The molecule has 51 heavy (non-hydrogen) atoms. The molecule has 0 aliphatic carbocycles. The Bertz CT molecular complexity index is 3370. The van der Waals surface area contributed by atoms with E-state index in [1.165, 1.54) is 38.1 Å². The molecule has 0 unspecified atom stereocenters. The second-order valence-corrected chi connectivity index (χ2v) is 13.6. The lowest BCUT2D eigenvalue weighted by Crippen LogP contribution is -1.90. The molecular formula is C48H26O3. The summed E-state index contributed by atoms with van der Waals surface area (Å²) < 4.78 is 19.2. The van der Waals surface area contributed by atoms with E-state index >= 15 is 0 Å². The van der Waals surface area contributed by atoms with Gasteiger partial charge in [-0.15, -0.1) is 0 Å². The first-order valence-corrected chi connectivity index (χ1v) is 17.3. The van der Waals surface area contributed by atoms with Gasteiger partial charge in [0.2, 0.25) is 0 Å². The van der Waals surface area contributed by atoms with Gasteiger partial charge in [0.1, 0.15) is 33.5 Å². The molecular weight excluding hydrogens is 625 g/mol. The third-order valence-corrected chi connectivity index (χ3v) is 10.8. The van der Waals surface area contributed by atoms with E-state index in [1.54, 1.807) is 0 Å². The van der Waals surface area contributed by atoms with Crippen molar-refractivity contribution in [3.8, 4) is 22.3 Å². The van der Waals surface area contributed by atoms with Gasteiger partial charge < -0.3 is 13.3 Å². The molecule has 3 nitrogen and oxygen atoms in total. The van der Waals surface area contributed by atoms with Crippen molar-refractivity contribution in [2.24, 2.45) is 0 Å². The first kappa shape index (κ1) is 27.0. The Hall–Kier alpha value is -6.84. The zero-order chi connectivity index (χ0) is 33.2. The van der Waals surface area contributed by atoms with E-state index in [-0.39, 0.29) is 0 Å². The monoisotopic (exact) mass is 650 g/mol. The summed E-state index contributed by atoms with van der Waals surface area (Å²) in [5.74, 6) is 0. The molecule has 0 aliphatic heterocycles. The molecule has 0 aliphatic rings. The van der Waals surface area contributed by atoms with Gasteiger partial charge in [0.05, 0.1) is 0 Å². The molecule has 3 heterocycles. The Morgan fingerprint density at radius 1 is 0.255 bits per heavy atom. The lowest BCUT2D eigenvalue weighted by molar-refractivity contribution is 0.668. The molecule has 0 radical (unpaired) electrons. The Labute approximate surface area is 290 Å². The topological polar surface area (TPSA) is 39.4 Å². The maximum atomic E-state index is 6.65. The summed E-state index contributed by atoms with van der Waals surface area (Å²) >= 11 is 0. The summed E-state index contributed by atoms with van der Waals surface area (Å²) in [5.41, 5.74) is 10.0. The van der Waals surface area contributed by atoms with Crippen molar-refractivity contribution in [1.82, 2.24) is 0 Å². The molecule has 9 aromatic carbocycles. The maximum Gasteiger partial charge on any atom is 0.136 e. The van der Waals surface area contributed by atoms with Gasteiger partial charge in [0, 0.05) is 32.3 Å². The van der Waals surface area contributed by atoms with E-state index in [4.69, 9.17) is 13.3 Å². The minimum absolute atomic E-state index is 0.875. The van der Waals surface area contributed by atoms with Gasteiger partial charge in [-0.3, -0.25) is 0 Å². The SMILES string of the molecule is c1ccc2c(c1)oc1cc(-c3c4ccccc4c(-c4ccc5c(c4)oc4ccc6cc7oc8ccccc8c7cc6c45)c4ccccc34)ccc12. The highest BCUT2D eigenvalue weighted by atomic mass is 16.3. The second-order valence-electron chi connectivity index (χ2n) is 13.6. The number of benzene rings is 9. The number of fused-ring (bicyclic) bond motifs is 13. The number of furan rings is 3. The minimum atomic E-state index is 0.875. The van der Waals surface area contributed by atoms with E-state index in [1.807, 2.05) is 24.3 Å². The van der Waals surface area contributed by atoms with Gasteiger partial charge in [-0.1, -0.05) is 103 Å². The van der Waals surface area contributed by atoms with E-state index in [2.05, 4.69) is 133 Å². The molecule has 3 heteroatoms. The van der Waals surface area contributed by atoms with Crippen molar-refractivity contribution < 1.29 is 13.3 Å². The van der Waals surface area contributed by atoms with Crippen molar-refractivity contribution >= 4 is 98.1 Å². The number of hydrogen-bond donors (Lipinski definition) is 0. The third kappa shape index (κ3) is 3.72. The Morgan fingerprint density at radius 2 is 0.706 bits per heavy atom. The van der Waals surface area contributed by atoms with Crippen LogP contribution in [0, 0.1) is 0 Å². The highest BCUT2D eigenvalue weighted by molar-refractivity contribution is 6.25. The highest BCUT2D eigenvalue weighted by Crippen LogP contribution is 2.46. The number of rotatable bonds is 2. The minimum Gasteiger partial charge on any atom is -0.456 e. The Balaban J connectivity index is 1.10. The van der Waals surface area contributed by atoms with Crippen LogP contribution in [-0.4, -0.2) is 0 Å². The van der Waals surface area contributed by atoms with Crippen LogP contribution in [-0.2, 0) is 0 Å². The van der Waals surface area contributed by atoms with Crippen molar-refractivity contribution in [2.75, 3.05) is 0 Å². The van der Waals surface area contributed by atoms with Crippen molar-refractivity contribution in [3.63, 3.8) is 0 Å². The number of hydrogen-bond acceptors (Lipinski definition) is 3. The van der Waals surface area contributed by atoms with Gasteiger partial charge in [-0.2, -0.15) is 0 Å². The summed E-state index contributed by atoms with van der Waals surface area (Å²) in [6.45, 7) is 0. The predicted octanol–water partition coefficient (Wildman–Crippen LogP) is 14.2. The van der Waals surface area contributed by atoms with Crippen molar-refractivity contribution in [2.45, 2.75) is 0 Å². The Kier molecular flexibility index (Phi) is 5.23. The smallest absolute Gasteiger partial charge is 0.136 e. The van der Waals surface area contributed by atoms with E-state index in [0.29, 0.717) is 0 Å². The molecule has 236 valence electrons. The van der Waals surface area contributed by atoms with Crippen LogP contribution < -0.4 is 0 Å². The zero-order valence-corrected chi connectivity index (χ0v) is 27.2. The van der Waals surface area contributed by atoms with Crippen LogP contribution in [0.25, 0.3) is 120 Å². The molecule has 12 aromatic rings. The summed E-state index contributed by atoms with van der Waals surface area (Å²) in [6, 6.07) is 56.0. The fraction of sp³-hybridized carbons (Fsp3) is 0. The van der Waals surface area contributed by atoms with Gasteiger partial charge in [-0.05, 0) is 109 Å². The lowest BCUT2D eigenvalue weighted by atomic mass is 9.85. The standard InChI is InChI=1S/C48H26O3/c1-3-13-35-33(11-1)46(28-17-20-32-30-9-5-7-15-40(30)49-43(32)24-28)34-12-2-4-14-36(34)47(35)29-18-21-37-44(25-29)51-42-22-19-27-23-45-39(26-38(27)48(37)42)31-10-6-8-16-41(31)50-45/h1-26H. The van der Waals surface area contributed by atoms with Crippen LogP contribution in [0.15, 0.2) is 171 Å². The van der Waals surface area contributed by atoms with Crippen molar-refractivity contribution in [1.29, 1.82) is 0 Å². The molecule has 0 fully saturated rings. The largest absolute Gasteiger partial charge is 0.456 e. The molecule has 0 bridgehead atoms. The van der Waals surface area contributed by atoms with E-state index in [0.717, 1.165) is 82.3 Å². The molecule has 0 saturated heterocycles. The molecule has 3 aromatic heterocycles. The summed E-state index contributed by atoms with van der Waals surface area (Å²) in [7, 11) is 0. The average Bonchev–Trinajstić information content (AvgIpc) is 3.86. The summed E-state index contributed by atoms with van der Waals surface area (Å²) in [6.07, 6.45) is 0. The predicted molar refractivity (Wildman–Crippen MR) is 212 cm³/mol. The normalized spacial score (nSPS) is 12.3. The van der Waals surface area contributed by atoms with Crippen LogP contribution >= 0.6 is 0 Å². The van der Waals surface area contributed by atoms with Crippen LogP contribution in [0.2, 0.25) is 0 Å². The lowest BCUT2D eigenvalue weighted by Gasteiger charge is -2.17. The molecule has 0 amide bonds. The zero-order valence-electron chi connectivity index (χ0n) is 27.2. The fourth-order valence-corrected chi connectivity index (χ4v) is 8.60. The van der Waals surface area contributed by atoms with Gasteiger partial charge in [0.25, 0.3) is 0 Å². The van der Waals surface area contributed by atoms with Crippen LogP contribution in [0.5, 0.6) is 0 Å². The van der Waals surface area contributed by atoms with Crippen LogP contribution in [0.4, 0.5) is 0 Å². The average molecular weight is 651 g/mol. The van der Waals surface area contributed by atoms with Crippen LogP contribution in [0.3, 0.4) is 0 Å². The summed E-state index contributed by atoms with van der Waals surface area (Å²) in [4.78, 5) is 0. The summed E-state index contributed by atoms with van der Waals surface area (Å²) in [5, 5.41) is 13.9. The second kappa shape index (κ2) is 9.87. The van der Waals surface area contributed by atoms with Gasteiger partial charge in [-0.25, -0.2) is 0 Å². The quantitative estimate of drug-likeness (QED) is 0.175.